The van der Waals surface area contributed by atoms with Crippen molar-refractivity contribution in [1.29, 1.82) is 0 Å². The lowest BCUT2D eigenvalue weighted by Crippen LogP contribution is -2.30. The Kier molecular flexibility index (Phi) is 5.23. The molecular weight excluding hydrogens is 323 g/mol. The van der Waals surface area contributed by atoms with Gasteiger partial charge in [0, 0.05) is 11.8 Å². The van der Waals surface area contributed by atoms with Gasteiger partial charge >= 0.3 is 5.97 Å². The first-order valence-corrected chi connectivity index (χ1v) is 7.00. The van der Waals surface area contributed by atoms with E-state index in [-0.39, 0.29) is 11.3 Å². The third kappa shape index (κ3) is 4.34. The summed E-state index contributed by atoms with van der Waals surface area (Å²) < 4.78 is 44.4. The Morgan fingerprint density at radius 3 is 2.25 bits per heavy atom. The predicted octanol–water partition coefficient (Wildman–Crippen LogP) is 3.60. The Morgan fingerprint density at radius 2 is 1.67 bits per heavy atom. The second-order valence-electron chi connectivity index (χ2n) is 5.16. The first kappa shape index (κ1) is 17.5. The second kappa shape index (κ2) is 7.16. The van der Waals surface area contributed by atoms with E-state index in [9.17, 15) is 22.8 Å². The zero-order chi connectivity index (χ0) is 17.9. The predicted molar refractivity (Wildman–Crippen MR) is 81.0 cm³/mol. The van der Waals surface area contributed by atoms with E-state index in [0.717, 1.165) is 18.2 Å². The number of carbonyl (C=O) groups is 2. The molecular formula is C17H14F3NO3. The number of nitrogens with one attached hydrogen (secondary N) is 1. The third-order valence-corrected chi connectivity index (χ3v) is 3.19. The van der Waals surface area contributed by atoms with Crippen LogP contribution in [-0.4, -0.2) is 18.0 Å². The fourth-order valence-electron chi connectivity index (χ4n) is 1.87. The molecule has 126 valence electrons. The van der Waals surface area contributed by atoms with Crippen LogP contribution in [0.25, 0.3) is 0 Å². The quantitative estimate of drug-likeness (QED) is 0.868. The molecule has 1 amide bonds. The van der Waals surface area contributed by atoms with Crippen molar-refractivity contribution in [1.82, 2.24) is 0 Å². The minimum absolute atomic E-state index is 0.197. The zero-order valence-electron chi connectivity index (χ0n) is 12.9. The maximum Gasteiger partial charge on any atom is 0.339 e. The number of anilines is 1. The zero-order valence-corrected chi connectivity index (χ0v) is 12.9. The lowest BCUT2D eigenvalue weighted by molar-refractivity contribution is -0.123. The summed E-state index contributed by atoms with van der Waals surface area (Å²) in [7, 11) is 0. The van der Waals surface area contributed by atoms with Crippen LogP contribution in [-0.2, 0) is 9.53 Å². The molecule has 0 aromatic heterocycles. The Bertz CT molecular complexity index is 772. The number of ether oxygens (including phenoxy) is 1. The summed E-state index contributed by atoms with van der Waals surface area (Å²) in [6.07, 6.45) is -1.24. The van der Waals surface area contributed by atoms with E-state index < -0.39 is 35.4 Å². The molecule has 24 heavy (non-hydrogen) atoms. The number of hydrogen-bond donors (Lipinski definition) is 1. The van der Waals surface area contributed by atoms with Crippen molar-refractivity contribution in [3.8, 4) is 0 Å². The molecule has 0 spiro atoms. The van der Waals surface area contributed by atoms with Crippen LogP contribution in [0.15, 0.2) is 36.4 Å². The Balaban J connectivity index is 2.02. The number of halogens is 3. The van der Waals surface area contributed by atoms with E-state index in [1.54, 1.807) is 6.92 Å². The summed E-state index contributed by atoms with van der Waals surface area (Å²) in [6.45, 7) is 2.86. The first-order chi connectivity index (χ1) is 11.3. The molecule has 0 heterocycles. The molecule has 0 aliphatic carbocycles. The van der Waals surface area contributed by atoms with Gasteiger partial charge in [-0.25, -0.2) is 18.0 Å². The van der Waals surface area contributed by atoms with E-state index in [4.69, 9.17) is 4.74 Å². The van der Waals surface area contributed by atoms with Gasteiger partial charge in [0.1, 0.15) is 17.5 Å². The highest BCUT2D eigenvalue weighted by atomic mass is 19.1. The molecule has 0 unspecified atom stereocenters. The molecule has 4 nitrogen and oxygen atoms in total. The van der Waals surface area contributed by atoms with Crippen LogP contribution in [0.1, 0.15) is 22.8 Å². The number of amides is 1. The summed E-state index contributed by atoms with van der Waals surface area (Å²) in [6, 6.07) is 6.31. The van der Waals surface area contributed by atoms with E-state index >= 15 is 0 Å². The van der Waals surface area contributed by atoms with Gasteiger partial charge in [0.25, 0.3) is 5.91 Å². The van der Waals surface area contributed by atoms with Gasteiger partial charge in [-0.05, 0) is 43.7 Å². The molecule has 0 aliphatic heterocycles. The SMILES string of the molecule is Cc1ccc(NC(=O)[C@@H](C)OC(=O)c2cc(F)cc(F)c2)cc1F. The molecule has 2 rings (SSSR count). The number of benzene rings is 2. The average molecular weight is 337 g/mol. The van der Waals surface area contributed by atoms with Gasteiger partial charge in [-0.15, -0.1) is 0 Å². The molecule has 0 saturated carbocycles. The lowest BCUT2D eigenvalue weighted by atomic mass is 10.2. The molecule has 7 heteroatoms. The molecule has 1 atom stereocenters. The molecule has 0 radical (unpaired) electrons. The van der Waals surface area contributed by atoms with Crippen molar-refractivity contribution in [3.63, 3.8) is 0 Å². The van der Waals surface area contributed by atoms with E-state index in [1.165, 1.54) is 19.1 Å². The summed E-state index contributed by atoms with van der Waals surface area (Å²) >= 11 is 0. The van der Waals surface area contributed by atoms with Crippen molar-refractivity contribution < 1.29 is 27.5 Å². The highest BCUT2D eigenvalue weighted by Crippen LogP contribution is 2.15. The summed E-state index contributed by atoms with van der Waals surface area (Å²) in [4.78, 5) is 23.8. The summed E-state index contributed by atoms with van der Waals surface area (Å²) in [5.41, 5.74) is 0.261. The third-order valence-electron chi connectivity index (χ3n) is 3.19. The van der Waals surface area contributed by atoms with Crippen LogP contribution in [0.3, 0.4) is 0 Å². The Hall–Kier alpha value is -2.83. The van der Waals surface area contributed by atoms with Crippen molar-refractivity contribution in [2.75, 3.05) is 5.32 Å². The average Bonchev–Trinajstić information content (AvgIpc) is 2.49. The standard InChI is InChI=1S/C17H14F3NO3/c1-9-3-4-14(8-15(9)20)21-16(22)10(2)24-17(23)11-5-12(18)7-13(19)6-11/h3-8,10H,1-2H3,(H,21,22)/t10-/m1/s1. The highest BCUT2D eigenvalue weighted by Gasteiger charge is 2.20. The van der Waals surface area contributed by atoms with Crippen molar-refractivity contribution in [3.05, 3.63) is 65.0 Å². The van der Waals surface area contributed by atoms with Gasteiger partial charge in [-0.2, -0.15) is 0 Å². The van der Waals surface area contributed by atoms with Gasteiger partial charge in [0.15, 0.2) is 6.10 Å². The molecule has 1 N–H and O–H groups in total. The van der Waals surface area contributed by atoms with E-state index in [1.807, 2.05) is 0 Å². The van der Waals surface area contributed by atoms with Crippen molar-refractivity contribution in [2.45, 2.75) is 20.0 Å². The Labute approximate surface area is 136 Å². The van der Waals surface area contributed by atoms with E-state index in [0.29, 0.717) is 11.6 Å². The van der Waals surface area contributed by atoms with Crippen molar-refractivity contribution >= 4 is 17.6 Å². The second-order valence-corrected chi connectivity index (χ2v) is 5.16. The maximum absolute atomic E-state index is 13.4. The van der Waals surface area contributed by atoms with Gasteiger partial charge in [0.05, 0.1) is 5.56 Å². The van der Waals surface area contributed by atoms with Crippen LogP contribution < -0.4 is 5.32 Å². The molecule has 2 aromatic carbocycles. The van der Waals surface area contributed by atoms with Crippen molar-refractivity contribution in [2.24, 2.45) is 0 Å². The molecule has 0 bridgehead atoms. The number of carbonyl (C=O) groups excluding carboxylic acids is 2. The number of rotatable bonds is 4. The van der Waals surface area contributed by atoms with Gasteiger partial charge in [0.2, 0.25) is 0 Å². The number of esters is 1. The minimum atomic E-state index is -1.24. The van der Waals surface area contributed by atoms with Gasteiger partial charge in [-0.3, -0.25) is 4.79 Å². The Morgan fingerprint density at radius 1 is 1.04 bits per heavy atom. The largest absolute Gasteiger partial charge is 0.449 e. The number of aryl methyl sites for hydroxylation is 1. The van der Waals surface area contributed by atoms with Crippen LogP contribution in [0.5, 0.6) is 0 Å². The number of hydrogen-bond acceptors (Lipinski definition) is 3. The highest BCUT2D eigenvalue weighted by molar-refractivity contribution is 5.97. The summed E-state index contributed by atoms with van der Waals surface area (Å²) in [5.74, 6) is -4.12. The molecule has 0 fully saturated rings. The minimum Gasteiger partial charge on any atom is -0.449 e. The summed E-state index contributed by atoms with van der Waals surface area (Å²) in [5, 5.41) is 2.39. The maximum atomic E-state index is 13.4. The first-order valence-electron chi connectivity index (χ1n) is 7.00. The normalized spacial score (nSPS) is 11.7. The lowest BCUT2D eigenvalue weighted by Gasteiger charge is -2.14. The molecule has 0 saturated heterocycles. The van der Waals surface area contributed by atoms with E-state index in [2.05, 4.69) is 5.32 Å². The van der Waals surface area contributed by atoms with Crippen LogP contribution in [0, 0.1) is 24.4 Å². The van der Waals surface area contributed by atoms with Crippen LogP contribution >= 0.6 is 0 Å². The smallest absolute Gasteiger partial charge is 0.339 e. The fraction of sp³-hybridized carbons (Fsp3) is 0.176. The fourth-order valence-corrected chi connectivity index (χ4v) is 1.87. The van der Waals surface area contributed by atoms with Gasteiger partial charge < -0.3 is 10.1 Å². The topological polar surface area (TPSA) is 55.4 Å². The van der Waals surface area contributed by atoms with Gasteiger partial charge in [-0.1, -0.05) is 6.07 Å². The molecule has 2 aromatic rings. The van der Waals surface area contributed by atoms with Crippen LogP contribution in [0.4, 0.5) is 18.9 Å². The van der Waals surface area contributed by atoms with Crippen LogP contribution in [0.2, 0.25) is 0 Å². The molecule has 0 aliphatic rings. The monoisotopic (exact) mass is 337 g/mol.